The van der Waals surface area contributed by atoms with Gasteiger partial charge in [0.05, 0.1) is 32.7 Å². The third kappa shape index (κ3) is 5.54. The predicted octanol–water partition coefficient (Wildman–Crippen LogP) is 5.38. The number of aryl methyl sites for hydroxylation is 1. The quantitative estimate of drug-likeness (QED) is 0.321. The molecular formula is C29H35N5O3. The van der Waals surface area contributed by atoms with Crippen LogP contribution in [0.5, 0.6) is 11.5 Å². The summed E-state index contributed by atoms with van der Waals surface area (Å²) in [5.74, 6) is 2.16. The Labute approximate surface area is 217 Å². The molecule has 2 N–H and O–H groups in total. The molecule has 2 aromatic carbocycles. The minimum absolute atomic E-state index is 0.152. The van der Waals surface area contributed by atoms with Crippen LogP contribution in [0.25, 0.3) is 11.2 Å². The number of fused-ring (bicyclic) bond motifs is 1. The van der Waals surface area contributed by atoms with Crippen LogP contribution in [0.4, 0.5) is 0 Å². The van der Waals surface area contributed by atoms with Gasteiger partial charge in [0.1, 0.15) is 16.9 Å². The maximum atomic E-state index is 8.35. The minimum Gasteiger partial charge on any atom is -0.493 e. The van der Waals surface area contributed by atoms with Crippen LogP contribution in [0.15, 0.2) is 48.8 Å². The Hall–Kier alpha value is -3.65. The lowest BCUT2D eigenvalue weighted by atomic mass is 10.1. The summed E-state index contributed by atoms with van der Waals surface area (Å²) in [5.41, 5.74) is 4.07. The number of aromatic amines is 1. The van der Waals surface area contributed by atoms with E-state index < -0.39 is 5.60 Å². The lowest BCUT2D eigenvalue weighted by Gasteiger charge is -2.23. The maximum absolute atomic E-state index is 8.35. The number of methoxy groups -OCH3 is 1. The molecule has 0 bridgehead atoms. The Morgan fingerprint density at radius 1 is 1.05 bits per heavy atom. The molecule has 2 heterocycles. The first kappa shape index (κ1) is 25.0. The van der Waals surface area contributed by atoms with Gasteiger partial charge in [-0.05, 0) is 69.7 Å². The summed E-state index contributed by atoms with van der Waals surface area (Å²) in [6, 6.07) is 14.3. The molecule has 0 atom stereocenters. The van der Waals surface area contributed by atoms with Crippen molar-refractivity contribution in [1.82, 2.24) is 19.5 Å². The zero-order valence-corrected chi connectivity index (χ0v) is 22.0. The Morgan fingerprint density at radius 2 is 1.78 bits per heavy atom. The molecule has 4 aromatic rings. The van der Waals surface area contributed by atoms with Gasteiger partial charge in [0.25, 0.3) is 0 Å². The number of nitrogens with zero attached hydrogens (tertiary/aromatic N) is 3. The molecule has 1 aliphatic carbocycles. The summed E-state index contributed by atoms with van der Waals surface area (Å²) in [7, 11) is 1.67. The van der Waals surface area contributed by atoms with Crippen LogP contribution in [-0.4, -0.2) is 32.7 Å². The van der Waals surface area contributed by atoms with Crippen molar-refractivity contribution in [2.24, 2.45) is 0 Å². The lowest BCUT2D eigenvalue weighted by Crippen LogP contribution is -2.23. The second-order valence-electron chi connectivity index (χ2n) is 10.3. The molecule has 1 fully saturated rings. The van der Waals surface area contributed by atoms with Gasteiger partial charge in [0, 0.05) is 0 Å². The zero-order valence-electron chi connectivity index (χ0n) is 22.0. The summed E-state index contributed by atoms with van der Waals surface area (Å²) in [6.07, 6.45) is 6.47. The number of imidazole rings is 1. The fraction of sp³-hybridized carbons (Fsp3) is 0.414. The Balaban J connectivity index is 1.40. The molecule has 8 nitrogen and oxygen atoms in total. The molecule has 0 saturated heterocycles. The molecule has 5 rings (SSSR count). The molecule has 0 amide bonds. The van der Waals surface area contributed by atoms with Gasteiger partial charge in [0.15, 0.2) is 22.6 Å². The molecule has 2 aromatic heterocycles. The molecular weight excluding hydrogens is 466 g/mol. The Morgan fingerprint density at radius 3 is 2.51 bits per heavy atom. The summed E-state index contributed by atoms with van der Waals surface area (Å²) in [6.45, 7) is 7.03. The number of benzene rings is 2. The largest absolute Gasteiger partial charge is 0.493 e. The third-order valence-electron chi connectivity index (χ3n) is 6.99. The van der Waals surface area contributed by atoms with E-state index in [9.17, 15) is 0 Å². The van der Waals surface area contributed by atoms with Crippen molar-refractivity contribution in [2.75, 3.05) is 7.11 Å². The van der Waals surface area contributed by atoms with Crippen LogP contribution in [0, 0.1) is 12.3 Å². The van der Waals surface area contributed by atoms with Crippen LogP contribution in [-0.2, 0) is 23.5 Å². The highest BCUT2D eigenvalue weighted by Gasteiger charge is 2.27. The topological polar surface area (TPSA) is 98.0 Å². The van der Waals surface area contributed by atoms with Crippen molar-refractivity contribution in [2.45, 2.75) is 71.3 Å². The molecule has 194 valence electrons. The van der Waals surface area contributed by atoms with Crippen molar-refractivity contribution in [1.29, 1.82) is 5.41 Å². The highest BCUT2D eigenvalue weighted by Crippen LogP contribution is 2.33. The van der Waals surface area contributed by atoms with Gasteiger partial charge >= 0.3 is 0 Å². The van der Waals surface area contributed by atoms with Gasteiger partial charge < -0.3 is 23.8 Å². The van der Waals surface area contributed by atoms with E-state index in [4.69, 9.17) is 24.6 Å². The standard InChI is InChI=1S/C29H35N5O3/c1-19-9-11-20(12-10-19)17-36-29(2,3)28-32-25-26(30)31-18-34(27(25)33-28)16-21-13-14-23(35-4)24(15-21)37-22-7-5-6-8-22/h9-15,18,22,30H,5-8,16-17H2,1-4H3,(H,32,33). The second kappa shape index (κ2) is 10.4. The van der Waals surface area contributed by atoms with Crippen LogP contribution >= 0.6 is 0 Å². The normalized spacial score (nSPS) is 14.4. The number of rotatable bonds is 9. The molecule has 37 heavy (non-hydrogen) atoms. The predicted molar refractivity (Wildman–Crippen MR) is 142 cm³/mol. The van der Waals surface area contributed by atoms with Gasteiger partial charge in [-0.25, -0.2) is 9.97 Å². The summed E-state index contributed by atoms with van der Waals surface area (Å²) in [5, 5.41) is 8.35. The van der Waals surface area contributed by atoms with E-state index in [1.165, 1.54) is 18.4 Å². The second-order valence-corrected chi connectivity index (χ2v) is 10.3. The van der Waals surface area contributed by atoms with Crippen LogP contribution in [0.3, 0.4) is 0 Å². The van der Waals surface area contributed by atoms with Gasteiger partial charge in [-0.2, -0.15) is 0 Å². The molecule has 0 spiro atoms. The highest BCUT2D eigenvalue weighted by atomic mass is 16.5. The van der Waals surface area contributed by atoms with Gasteiger partial charge in [-0.3, -0.25) is 5.41 Å². The first-order chi connectivity index (χ1) is 17.8. The van der Waals surface area contributed by atoms with E-state index in [1.54, 1.807) is 13.4 Å². The van der Waals surface area contributed by atoms with E-state index in [0.29, 0.717) is 30.1 Å². The number of H-pyrrole nitrogens is 1. The van der Waals surface area contributed by atoms with Gasteiger partial charge in [-0.15, -0.1) is 0 Å². The summed E-state index contributed by atoms with van der Waals surface area (Å²) in [4.78, 5) is 12.5. The molecule has 0 aliphatic heterocycles. The number of nitrogens with one attached hydrogen (secondary N) is 2. The molecule has 8 heteroatoms. The maximum Gasteiger partial charge on any atom is 0.173 e. The molecule has 1 saturated carbocycles. The van der Waals surface area contributed by atoms with Crippen molar-refractivity contribution in [3.05, 3.63) is 76.8 Å². The minimum atomic E-state index is -0.684. The molecule has 1 aliphatic rings. The van der Waals surface area contributed by atoms with Crippen molar-refractivity contribution in [3.8, 4) is 11.5 Å². The van der Waals surface area contributed by atoms with Crippen LogP contribution < -0.4 is 15.0 Å². The Bertz CT molecular complexity index is 1430. The smallest absolute Gasteiger partial charge is 0.173 e. The average molecular weight is 502 g/mol. The van der Waals surface area contributed by atoms with E-state index >= 15 is 0 Å². The van der Waals surface area contributed by atoms with E-state index in [2.05, 4.69) is 41.2 Å². The summed E-state index contributed by atoms with van der Waals surface area (Å²) >= 11 is 0. The fourth-order valence-electron chi connectivity index (χ4n) is 4.69. The van der Waals surface area contributed by atoms with Crippen LogP contribution in [0.2, 0.25) is 0 Å². The summed E-state index contributed by atoms with van der Waals surface area (Å²) < 4.78 is 20.0. The van der Waals surface area contributed by atoms with E-state index in [0.717, 1.165) is 35.5 Å². The van der Waals surface area contributed by atoms with Crippen molar-refractivity contribution >= 4 is 11.2 Å². The van der Waals surface area contributed by atoms with Crippen LogP contribution in [0.1, 0.15) is 62.0 Å². The first-order valence-corrected chi connectivity index (χ1v) is 12.9. The number of hydrogen-bond acceptors (Lipinski definition) is 6. The molecule has 0 unspecified atom stereocenters. The fourth-order valence-corrected chi connectivity index (χ4v) is 4.69. The van der Waals surface area contributed by atoms with Crippen molar-refractivity contribution < 1.29 is 14.2 Å². The van der Waals surface area contributed by atoms with Gasteiger partial charge in [-0.1, -0.05) is 35.9 Å². The average Bonchev–Trinajstić information content (AvgIpc) is 3.57. The first-order valence-electron chi connectivity index (χ1n) is 12.9. The van der Waals surface area contributed by atoms with E-state index in [1.807, 2.05) is 36.6 Å². The number of hydrogen-bond donors (Lipinski definition) is 2. The number of aromatic nitrogens is 4. The number of ether oxygens (including phenoxy) is 3. The lowest BCUT2D eigenvalue weighted by molar-refractivity contribution is -0.0393. The highest BCUT2D eigenvalue weighted by molar-refractivity contribution is 5.69. The Kier molecular flexibility index (Phi) is 7.02. The monoisotopic (exact) mass is 501 g/mol. The van der Waals surface area contributed by atoms with Crippen molar-refractivity contribution in [3.63, 3.8) is 0 Å². The molecule has 0 radical (unpaired) electrons. The van der Waals surface area contributed by atoms with E-state index in [-0.39, 0.29) is 11.6 Å². The third-order valence-corrected chi connectivity index (χ3v) is 6.99. The zero-order chi connectivity index (χ0) is 26.0. The van der Waals surface area contributed by atoms with Gasteiger partial charge in [0.2, 0.25) is 0 Å². The SMILES string of the molecule is COc1ccc(Cn2cnc(=N)c3[nH]c(C(C)(C)OCc4ccc(C)cc4)nc32)cc1OC1CCCC1.